The van der Waals surface area contributed by atoms with E-state index in [1.165, 1.54) is 16.8 Å². The molecule has 86 valence electrons. The molecule has 0 spiro atoms. The molecule has 0 fully saturated rings. The summed E-state index contributed by atoms with van der Waals surface area (Å²) in [5.41, 5.74) is 0.413. The standard InChI is InChI=1S/C12H10N2O3/c1-8-4-5-10(12(16)17)11(15)14(8)9-3-2-6-13-7-9/h2-7H,1H3,(H,16,17). The normalized spacial score (nSPS) is 10.2. The Kier molecular flexibility index (Phi) is 2.74. The van der Waals surface area contributed by atoms with Crippen molar-refractivity contribution in [1.29, 1.82) is 0 Å². The highest BCUT2D eigenvalue weighted by molar-refractivity contribution is 5.87. The molecule has 0 atom stereocenters. The fourth-order valence-corrected chi connectivity index (χ4v) is 1.60. The van der Waals surface area contributed by atoms with Crippen LogP contribution in [0.4, 0.5) is 0 Å². The van der Waals surface area contributed by atoms with Crippen molar-refractivity contribution < 1.29 is 9.90 Å². The van der Waals surface area contributed by atoms with Crippen LogP contribution >= 0.6 is 0 Å². The predicted molar refractivity (Wildman–Crippen MR) is 61.5 cm³/mol. The Hall–Kier alpha value is -2.43. The predicted octanol–water partition coefficient (Wildman–Crippen LogP) is 1.24. The maximum atomic E-state index is 12.0. The van der Waals surface area contributed by atoms with Crippen LogP contribution in [0.15, 0.2) is 41.5 Å². The molecule has 1 N–H and O–H groups in total. The van der Waals surface area contributed by atoms with Crippen LogP contribution in [-0.2, 0) is 0 Å². The second-order valence-corrected chi connectivity index (χ2v) is 3.55. The van der Waals surface area contributed by atoms with Gasteiger partial charge in [0.25, 0.3) is 5.56 Å². The molecule has 0 saturated carbocycles. The van der Waals surface area contributed by atoms with Gasteiger partial charge in [0, 0.05) is 11.9 Å². The zero-order chi connectivity index (χ0) is 12.4. The minimum absolute atomic E-state index is 0.251. The van der Waals surface area contributed by atoms with Crippen LogP contribution in [0.25, 0.3) is 5.69 Å². The van der Waals surface area contributed by atoms with Crippen LogP contribution < -0.4 is 5.56 Å². The van der Waals surface area contributed by atoms with E-state index < -0.39 is 11.5 Å². The van der Waals surface area contributed by atoms with E-state index >= 15 is 0 Å². The Morgan fingerprint density at radius 3 is 2.71 bits per heavy atom. The highest BCUT2D eigenvalue weighted by atomic mass is 16.4. The number of hydrogen-bond acceptors (Lipinski definition) is 3. The van der Waals surface area contributed by atoms with Gasteiger partial charge in [-0.05, 0) is 31.2 Å². The average Bonchev–Trinajstić information content (AvgIpc) is 2.30. The number of aromatic carboxylic acids is 1. The number of nitrogens with zero attached hydrogens (tertiary/aromatic N) is 2. The average molecular weight is 230 g/mol. The molecule has 0 aromatic carbocycles. The monoisotopic (exact) mass is 230 g/mol. The zero-order valence-corrected chi connectivity index (χ0v) is 9.12. The van der Waals surface area contributed by atoms with E-state index in [-0.39, 0.29) is 5.56 Å². The van der Waals surface area contributed by atoms with Crippen molar-refractivity contribution in [3.63, 3.8) is 0 Å². The Morgan fingerprint density at radius 1 is 1.35 bits per heavy atom. The highest BCUT2D eigenvalue weighted by Gasteiger charge is 2.13. The van der Waals surface area contributed by atoms with Crippen molar-refractivity contribution in [1.82, 2.24) is 9.55 Å². The molecule has 2 aromatic heterocycles. The van der Waals surface area contributed by atoms with Gasteiger partial charge in [0.2, 0.25) is 0 Å². The molecule has 0 unspecified atom stereocenters. The Morgan fingerprint density at radius 2 is 2.12 bits per heavy atom. The molecule has 2 aromatic rings. The molecule has 0 amide bonds. The maximum absolute atomic E-state index is 12.0. The van der Waals surface area contributed by atoms with Gasteiger partial charge in [-0.25, -0.2) is 4.79 Å². The molecule has 0 aliphatic heterocycles. The number of carboxylic acids is 1. The fraction of sp³-hybridized carbons (Fsp3) is 0.0833. The number of carbonyl (C=O) groups is 1. The number of pyridine rings is 2. The van der Waals surface area contributed by atoms with Crippen LogP contribution in [-0.4, -0.2) is 20.6 Å². The van der Waals surface area contributed by atoms with Crippen molar-refractivity contribution in [2.45, 2.75) is 6.92 Å². The minimum atomic E-state index is -1.23. The highest BCUT2D eigenvalue weighted by Crippen LogP contribution is 2.07. The molecule has 0 saturated heterocycles. The third-order valence-electron chi connectivity index (χ3n) is 2.41. The van der Waals surface area contributed by atoms with Crippen molar-refractivity contribution in [2.75, 3.05) is 0 Å². The summed E-state index contributed by atoms with van der Waals surface area (Å²) in [6.45, 7) is 1.74. The van der Waals surface area contributed by atoms with E-state index in [4.69, 9.17) is 5.11 Å². The van der Waals surface area contributed by atoms with Crippen LogP contribution in [0.5, 0.6) is 0 Å². The summed E-state index contributed by atoms with van der Waals surface area (Å²) in [4.78, 5) is 26.8. The number of rotatable bonds is 2. The lowest BCUT2D eigenvalue weighted by Crippen LogP contribution is -2.26. The Balaban J connectivity index is 2.74. The first kappa shape index (κ1) is 11.1. The summed E-state index contributed by atoms with van der Waals surface area (Å²) in [7, 11) is 0. The molecule has 17 heavy (non-hydrogen) atoms. The maximum Gasteiger partial charge on any atom is 0.341 e. The second-order valence-electron chi connectivity index (χ2n) is 3.55. The topological polar surface area (TPSA) is 72.2 Å². The van der Waals surface area contributed by atoms with Crippen LogP contribution in [0.3, 0.4) is 0 Å². The van der Waals surface area contributed by atoms with E-state index in [1.807, 2.05) is 0 Å². The molecule has 0 radical (unpaired) electrons. The molecule has 0 bridgehead atoms. The molecule has 5 heteroatoms. The van der Waals surface area contributed by atoms with Crippen molar-refractivity contribution in [2.24, 2.45) is 0 Å². The van der Waals surface area contributed by atoms with Crippen LogP contribution in [0.2, 0.25) is 0 Å². The van der Waals surface area contributed by atoms with Gasteiger partial charge in [-0.15, -0.1) is 0 Å². The smallest absolute Gasteiger partial charge is 0.341 e. The first-order chi connectivity index (χ1) is 8.11. The molecule has 2 heterocycles. The molecular weight excluding hydrogens is 220 g/mol. The van der Waals surface area contributed by atoms with E-state index in [1.54, 1.807) is 31.3 Å². The first-order valence-electron chi connectivity index (χ1n) is 4.97. The lowest BCUT2D eigenvalue weighted by Gasteiger charge is -2.09. The third-order valence-corrected chi connectivity index (χ3v) is 2.41. The Bertz CT molecular complexity index is 617. The quantitative estimate of drug-likeness (QED) is 0.842. The van der Waals surface area contributed by atoms with E-state index in [9.17, 15) is 9.59 Å². The zero-order valence-electron chi connectivity index (χ0n) is 9.12. The van der Waals surface area contributed by atoms with Gasteiger partial charge < -0.3 is 5.11 Å². The van der Waals surface area contributed by atoms with Gasteiger partial charge in [0.1, 0.15) is 5.56 Å². The van der Waals surface area contributed by atoms with Gasteiger partial charge in [-0.1, -0.05) is 0 Å². The summed E-state index contributed by atoms with van der Waals surface area (Å²) in [6.07, 6.45) is 3.10. The lowest BCUT2D eigenvalue weighted by molar-refractivity contribution is 0.0694. The lowest BCUT2D eigenvalue weighted by atomic mass is 10.2. The van der Waals surface area contributed by atoms with Crippen LogP contribution in [0, 0.1) is 6.92 Å². The van der Waals surface area contributed by atoms with Gasteiger partial charge in [-0.2, -0.15) is 0 Å². The summed E-state index contributed by atoms with van der Waals surface area (Å²) >= 11 is 0. The Labute approximate surface area is 97.0 Å². The number of aromatic nitrogens is 2. The summed E-state index contributed by atoms with van der Waals surface area (Å²) in [6, 6.07) is 6.30. The van der Waals surface area contributed by atoms with Gasteiger partial charge >= 0.3 is 5.97 Å². The SMILES string of the molecule is Cc1ccc(C(=O)O)c(=O)n1-c1cccnc1. The largest absolute Gasteiger partial charge is 0.477 e. The second kappa shape index (κ2) is 4.21. The number of carboxylic acid groups (broad SMARTS) is 1. The summed E-state index contributed by atoms with van der Waals surface area (Å²) in [5, 5.41) is 8.90. The van der Waals surface area contributed by atoms with E-state index in [0.717, 1.165) is 0 Å². The van der Waals surface area contributed by atoms with Crippen molar-refractivity contribution >= 4 is 5.97 Å². The van der Waals surface area contributed by atoms with Crippen molar-refractivity contribution in [3.8, 4) is 5.69 Å². The molecule has 0 aliphatic carbocycles. The summed E-state index contributed by atoms with van der Waals surface area (Å²) < 4.78 is 1.33. The van der Waals surface area contributed by atoms with Crippen LogP contribution in [0.1, 0.15) is 16.1 Å². The third kappa shape index (κ3) is 1.94. The van der Waals surface area contributed by atoms with Gasteiger partial charge in [0.15, 0.2) is 0 Å². The van der Waals surface area contributed by atoms with Crippen molar-refractivity contribution in [3.05, 3.63) is 58.3 Å². The molecular formula is C12H10N2O3. The number of hydrogen-bond donors (Lipinski definition) is 1. The first-order valence-corrected chi connectivity index (χ1v) is 4.97. The summed E-state index contributed by atoms with van der Waals surface area (Å²) in [5.74, 6) is -1.23. The van der Waals surface area contributed by atoms with E-state index in [2.05, 4.69) is 4.98 Å². The molecule has 5 nitrogen and oxygen atoms in total. The fourth-order valence-electron chi connectivity index (χ4n) is 1.60. The van der Waals surface area contributed by atoms with Gasteiger partial charge in [-0.3, -0.25) is 14.3 Å². The minimum Gasteiger partial charge on any atom is -0.477 e. The van der Waals surface area contributed by atoms with E-state index in [0.29, 0.717) is 11.4 Å². The molecule has 2 rings (SSSR count). The molecule has 0 aliphatic rings. The van der Waals surface area contributed by atoms with Gasteiger partial charge in [0.05, 0.1) is 11.9 Å². The number of aryl methyl sites for hydroxylation is 1.